The molecule has 13 heavy (non-hydrogen) atoms. The van der Waals surface area contributed by atoms with Crippen molar-refractivity contribution in [2.75, 3.05) is 17.8 Å². The van der Waals surface area contributed by atoms with E-state index >= 15 is 0 Å². The minimum Gasteiger partial charge on any atom is -0.480 e. The van der Waals surface area contributed by atoms with E-state index in [-0.39, 0.29) is 11.5 Å². The summed E-state index contributed by atoms with van der Waals surface area (Å²) in [6, 6.07) is 0. The molecule has 0 aromatic carbocycles. The fraction of sp³-hybridized carbons (Fsp3) is 0.833. The van der Waals surface area contributed by atoms with E-state index in [2.05, 4.69) is 0 Å². The molecule has 0 aromatic rings. The summed E-state index contributed by atoms with van der Waals surface area (Å²) in [7, 11) is -4.78. The lowest BCUT2D eigenvalue weighted by molar-refractivity contribution is -0.136. The molecule has 0 aliphatic heterocycles. The van der Waals surface area contributed by atoms with Crippen LogP contribution in [0.3, 0.4) is 0 Å². The topological polar surface area (TPSA) is 88.5 Å². The number of hydrogen-bond acceptors (Lipinski definition) is 4. The quantitative estimate of drug-likeness (QED) is 0.669. The van der Waals surface area contributed by atoms with Crippen LogP contribution in [-0.4, -0.2) is 46.7 Å². The average molecular weight is 228 g/mol. The average Bonchev–Trinajstić information content (AvgIpc) is 1.97. The zero-order valence-corrected chi connectivity index (χ0v) is 9.02. The zero-order chi connectivity index (χ0) is 10.6. The normalized spacial score (nSPS) is 16.5. The monoisotopic (exact) mass is 228 g/mol. The smallest absolute Gasteiger partial charge is 0.318 e. The molecule has 7 heteroatoms. The largest absolute Gasteiger partial charge is 0.480 e. The lowest BCUT2D eigenvalue weighted by atomic mass is 10.5. The summed E-state index contributed by atoms with van der Waals surface area (Å²) >= 11 is 0. The lowest BCUT2D eigenvalue weighted by Crippen LogP contribution is -2.26. The van der Waals surface area contributed by atoms with Gasteiger partial charge < -0.3 is 5.11 Å². The first kappa shape index (κ1) is 12.6. The summed E-state index contributed by atoms with van der Waals surface area (Å²) in [6.45, 7) is 1.29. The lowest BCUT2D eigenvalue weighted by Gasteiger charge is -2.04. The second-order valence-electron chi connectivity index (χ2n) is 2.70. The Balaban J connectivity index is 4.11. The van der Waals surface area contributed by atoms with E-state index in [1.807, 2.05) is 0 Å². The van der Waals surface area contributed by atoms with E-state index in [4.69, 9.17) is 5.11 Å². The third-order valence-electron chi connectivity index (χ3n) is 1.40. The van der Waals surface area contributed by atoms with Gasteiger partial charge >= 0.3 is 5.97 Å². The van der Waals surface area contributed by atoms with Gasteiger partial charge in [0.15, 0.2) is 0 Å². The first-order chi connectivity index (χ1) is 5.74. The van der Waals surface area contributed by atoms with Gasteiger partial charge in [0.1, 0.15) is 15.1 Å². The standard InChI is InChI=1S/C6H12O5S2/c1-5(6(7)8)12(9)3-4-13(2,10)11/h5H,3-4H2,1-2H3,(H,7,8). The molecule has 2 unspecified atom stereocenters. The van der Waals surface area contributed by atoms with Crippen molar-refractivity contribution >= 4 is 26.6 Å². The van der Waals surface area contributed by atoms with Crippen molar-refractivity contribution in [1.29, 1.82) is 0 Å². The van der Waals surface area contributed by atoms with Crippen LogP contribution in [0.25, 0.3) is 0 Å². The van der Waals surface area contributed by atoms with Crippen LogP contribution in [0.5, 0.6) is 0 Å². The van der Waals surface area contributed by atoms with E-state index in [1.54, 1.807) is 0 Å². The van der Waals surface area contributed by atoms with Crippen LogP contribution >= 0.6 is 0 Å². The molecular weight excluding hydrogens is 216 g/mol. The van der Waals surface area contributed by atoms with Gasteiger partial charge in [-0.2, -0.15) is 0 Å². The highest BCUT2D eigenvalue weighted by Gasteiger charge is 2.19. The Kier molecular flexibility index (Phi) is 4.55. The van der Waals surface area contributed by atoms with Crippen molar-refractivity contribution in [3.8, 4) is 0 Å². The maximum absolute atomic E-state index is 11.1. The summed E-state index contributed by atoms with van der Waals surface area (Å²) in [6.07, 6.45) is 1.02. The Bertz CT molecular complexity index is 305. The van der Waals surface area contributed by atoms with Crippen LogP contribution < -0.4 is 0 Å². The van der Waals surface area contributed by atoms with Gasteiger partial charge in [-0.05, 0) is 6.92 Å². The third-order valence-corrected chi connectivity index (χ3v) is 4.20. The molecule has 0 aliphatic carbocycles. The maximum atomic E-state index is 11.1. The molecule has 5 nitrogen and oxygen atoms in total. The Morgan fingerprint density at radius 2 is 2.00 bits per heavy atom. The molecule has 0 radical (unpaired) electrons. The number of carboxylic acid groups (broad SMARTS) is 1. The molecule has 1 N–H and O–H groups in total. The summed E-state index contributed by atoms with van der Waals surface area (Å²) < 4.78 is 32.4. The van der Waals surface area contributed by atoms with Crippen molar-refractivity contribution in [3.05, 3.63) is 0 Å². The molecular formula is C6H12O5S2. The van der Waals surface area contributed by atoms with Crippen molar-refractivity contribution in [3.63, 3.8) is 0 Å². The fourth-order valence-electron chi connectivity index (χ4n) is 0.523. The molecule has 0 heterocycles. The first-order valence-corrected chi connectivity index (χ1v) is 6.96. The number of hydrogen-bond donors (Lipinski definition) is 1. The van der Waals surface area contributed by atoms with Gasteiger partial charge in [-0.25, -0.2) is 8.42 Å². The second-order valence-corrected chi connectivity index (χ2v) is 6.83. The summed E-state index contributed by atoms with van der Waals surface area (Å²) in [5.41, 5.74) is 0. The predicted octanol–water partition coefficient (Wildman–Crippen LogP) is -0.747. The molecule has 0 saturated heterocycles. The number of sulfone groups is 1. The molecule has 0 spiro atoms. The van der Waals surface area contributed by atoms with Crippen LogP contribution in [0.15, 0.2) is 0 Å². The van der Waals surface area contributed by atoms with Gasteiger partial charge in [-0.3, -0.25) is 9.00 Å². The molecule has 0 saturated carbocycles. The number of carboxylic acids is 1. The highest BCUT2D eigenvalue weighted by Crippen LogP contribution is 1.97. The number of carbonyl (C=O) groups is 1. The highest BCUT2D eigenvalue weighted by molar-refractivity contribution is 7.92. The Labute approximate surface area is 79.5 Å². The molecule has 0 bridgehead atoms. The Morgan fingerprint density at radius 3 is 2.31 bits per heavy atom. The van der Waals surface area contributed by atoms with Crippen LogP contribution in [-0.2, 0) is 25.4 Å². The molecule has 0 amide bonds. The number of rotatable bonds is 5. The zero-order valence-electron chi connectivity index (χ0n) is 7.39. The van der Waals surface area contributed by atoms with E-state index in [0.717, 1.165) is 6.26 Å². The molecule has 78 valence electrons. The molecule has 0 aliphatic rings. The first-order valence-electron chi connectivity index (χ1n) is 3.52. The number of aliphatic carboxylic acids is 1. The van der Waals surface area contributed by atoms with Crippen LogP contribution in [0.4, 0.5) is 0 Å². The summed E-state index contributed by atoms with van der Waals surface area (Å²) in [4.78, 5) is 10.3. The van der Waals surface area contributed by atoms with Gasteiger partial charge in [0.05, 0.1) is 5.75 Å². The minimum absolute atomic E-state index is 0.119. The fourth-order valence-corrected chi connectivity index (χ4v) is 2.97. The van der Waals surface area contributed by atoms with Crippen molar-refractivity contribution in [2.45, 2.75) is 12.2 Å². The Morgan fingerprint density at radius 1 is 1.54 bits per heavy atom. The van der Waals surface area contributed by atoms with Crippen molar-refractivity contribution in [2.24, 2.45) is 0 Å². The van der Waals surface area contributed by atoms with Gasteiger partial charge in [0.2, 0.25) is 0 Å². The maximum Gasteiger partial charge on any atom is 0.318 e. The molecule has 0 rings (SSSR count). The third kappa shape index (κ3) is 5.75. The summed E-state index contributed by atoms with van der Waals surface area (Å²) in [5, 5.41) is 7.43. The van der Waals surface area contributed by atoms with Gasteiger partial charge in [0.25, 0.3) is 0 Å². The predicted molar refractivity (Wildman–Crippen MR) is 49.8 cm³/mol. The van der Waals surface area contributed by atoms with E-state index in [1.165, 1.54) is 6.92 Å². The van der Waals surface area contributed by atoms with Crippen LogP contribution in [0, 0.1) is 0 Å². The van der Waals surface area contributed by atoms with Crippen LogP contribution in [0.2, 0.25) is 0 Å². The van der Waals surface area contributed by atoms with Gasteiger partial charge in [0, 0.05) is 22.8 Å². The van der Waals surface area contributed by atoms with Gasteiger partial charge in [-0.15, -0.1) is 0 Å². The minimum atomic E-state index is -3.16. The van der Waals surface area contributed by atoms with Crippen LogP contribution in [0.1, 0.15) is 6.92 Å². The van der Waals surface area contributed by atoms with Crippen molar-refractivity contribution in [1.82, 2.24) is 0 Å². The second kappa shape index (κ2) is 4.71. The Hall–Kier alpha value is -0.430. The van der Waals surface area contributed by atoms with E-state index in [9.17, 15) is 17.4 Å². The summed E-state index contributed by atoms with van der Waals surface area (Å²) in [5.74, 6) is -1.53. The molecule has 0 fully saturated rings. The SMILES string of the molecule is CC(C(=O)O)S(=O)CCS(C)(=O)=O. The van der Waals surface area contributed by atoms with E-state index < -0.39 is 31.9 Å². The molecule has 2 atom stereocenters. The highest BCUT2D eigenvalue weighted by atomic mass is 32.2. The van der Waals surface area contributed by atoms with E-state index in [0.29, 0.717) is 0 Å². The van der Waals surface area contributed by atoms with Crippen molar-refractivity contribution < 1.29 is 22.5 Å². The van der Waals surface area contributed by atoms with Gasteiger partial charge in [-0.1, -0.05) is 0 Å². The molecule has 0 aromatic heterocycles.